The number of carbonyl (C=O) groups is 1. The summed E-state index contributed by atoms with van der Waals surface area (Å²) in [6.07, 6.45) is 0.759. The normalized spacial score (nSPS) is 10.3. The van der Waals surface area contributed by atoms with Gasteiger partial charge in [0.25, 0.3) is 5.91 Å². The molecule has 0 unspecified atom stereocenters. The number of anilines is 3. The highest BCUT2D eigenvalue weighted by Crippen LogP contribution is 2.24. The molecule has 21 heavy (non-hydrogen) atoms. The number of aromatic nitrogens is 1. The lowest BCUT2D eigenvalue weighted by Crippen LogP contribution is -2.14. The summed E-state index contributed by atoms with van der Waals surface area (Å²) in [7, 11) is 1.66. The van der Waals surface area contributed by atoms with Crippen LogP contribution in [0, 0.1) is 0 Å². The number of pyridine rings is 1. The van der Waals surface area contributed by atoms with Crippen LogP contribution in [0.15, 0.2) is 36.4 Å². The molecule has 0 fully saturated rings. The van der Waals surface area contributed by atoms with Crippen molar-refractivity contribution < 1.29 is 9.53 Å². The Balaban J connectivity index is 2.29. The molecule has 0 bridgehead atoms. The topological polar surface area (TPSA) is 103 Å². The van der Waals surface area contributed by atoms with Gasteiger partial charge >= 0.3 is 0 Å². The van der Waals surface area contributed by atoms with E-state index >= 15 is 0 Å². The van der Waals surface area contributed by atoms with Gasteiger partial charge in [-0.3, -0.25) is 4.79 Å². The van der Waals surface area contributed by atoms with E-state index in [1.807, 2.05) is 24.3 Å². The van der Waals surface area contributed by atoms with Crippen molar-refractivity contribution >= 4 is 23.1 Å². The van der Waals surface area contributed by atoms with Crippen molar-refractivity contribution in [2.75, 3.05) is 24.8 Å². The smallest absolute Gasteiger partial charge is 0.267 e. The monoisotopic (exact) mass is 286 g/mol. The Hall–Kier alpha value is -2.60. The Morgan fingerprint density at radius 2 is 2.05 bits per heavy atom. The first kappa shape index (κ1) is 14.8. The zero-order valence-corrected chi connectivity index (χ0v) is 11.8. The molecular weight excluding hydrogens is 268 g/mol. The fourth-order valence-corrected chi connectivity index (χ4v) is 1.91. The van der Waals surface area contributed by atoms with Crippen molar-refractivity contribution in [2.24, 2.45) is 5.73 Å². The Morgan fingerprint density at radius 3 is 2.76 bits per heavy atom. The quantitative estimate of drug-likeness (QED) is 0.750. The molecule has 1 aromatic heterocycles. The summed E-state index contributed by atoms with van der Waals surface area (Å²) in [4.78, 5) is 15.3. The SMILES string of the molecule is COCCc1ccccc1Nc1nc(C(N)=O)ccc1N. The zero-order valence-electron chi connectivity index (χ0n) is 11.8. The van der Waals surface area contributed by atoms with E-state index < -0.39 is 5.91 Å². The Morgan fingerprint density at radius 1 is 1.29 bits per heavy atom. The van der Waals surface area contributed by atoms with Gasteiger partial charge in [-0.15, -0.1) is 0 Å². The van der Waals surface area contributed by atoms with E-state index in [0.717, 1.165) is 17.7 Å². The average molecular weight is 286 g/mol. The minimum Gasteiger partial charge on any atom is -0.396 e. The van der Waals surface area contributed by atoms with Crippen LogP contribution in [0.2, 0.25) is 0 Å². The first-order chi connectivity index (χ1) is 10.1. The molecule has 0 radical (unpaired) electrons. The molecule has 110 valence electrons. The molecule has 1 aromatic carbocycles. The van der Waals surface area contributed by atoms with Crippen LogP contribution in [-0.4, -0.2) is 24.6 Å². The van der Waals surface area contributed by atoms with Crippen LogP contribution in [-0.2, 0) is 11.2 Å². The third kappa shape index (κ3) is 3.70. The summed E-state index contributed by atoms with van der Waals surface area (Å²) < 4.78 is 5.10. The first-order valence-electron chi connectivity index (χ1n) is 6.52. The molecule has 0 aliphatic rings. The third-order valence-corrected chi connectivity index (χ3v) is 3.02. The average Bonchev–Trinajstić information content (AvgIpc) is 2.48. The van der Waals surface area contributed by atoms with Crippen LogP contribution in [0.3, 0.4) is 0 Å². The molecule has 0 spiro atoms. The number of ether oxygens (including phenoxy) is 1. The van der Waals surface area contributed by atoms with Gasteiger partial charge in [0.1, 0.15) is 5.69 Å². The highest BCUT2D eigenvalue weighted by atomic mass is 16.5. The maximum absolute atomic E-state index is 11.2. The van der Waals surface area contributed by atoms with Crippen LogP contribution in [0.25, 0.3) is 0 Å². The highest BCUT2D eigenvalue weighted by Gasteiger charge is 2.09. The number of nitrogens with zero attached hydrogens (tertiary/aromatic N) is 1. The Labute approximate surface area is 123 Å². The maximum Gasteiger partial charge on any atom is 0.267 e. The minimum atomic E-state index is -0.592. The number of benzene rings is 1. The number of rotatable bonds is 6. The van der Waals surface area contributed by atoms with Gasteiger partial charge in [0, 0.05) is 12.8 Å². The van der Waals surface area contributed by atoms with Gasteiger partial charge in [0.2, 0.25) is 0 Å². The molecule has 2 rings (SSSR count). The first-order valence-corrected chi connectivity index (χ1v) is 6.52. The van der Waals surface area contributed by atoms with Crippen LogP contribution in [0.5, 0.6) is 0 Å². The molecule has 0 saturated heterocycles. The van der Waals surface area contributed by atoms with Gasteiger partial charge in [0.15, 0.2) is 5.82 Å². The summed E-state index contributed by atoms with van der Waals surface area (Å²) in [6, 6.07) is 10.9. The number of nitrogens with one attached hydrogen (secondary N) is 1. The van der Waals surface area contributed by atoms with E-state index in [4.69, 9.17) is 16.2 Å². The molecule has 1 heterocycles. The molecule has 1 amide bonds. The van der Waals surface area contributed by atoms with E-state index in [0.29, 0.717) is 18.1 Å². The lowest BCUT2D eigenvalue weighted by atomic mass is 10.1. The number of carbonyl (C=O) groups excluding carboxylic acids is 1. The zero-order chi connectivity index (χ0) is 15.2. The van der Waals surface area contributed by atoms with E-state index in [-0.39, 0.29) is 5.69 Å². The fourth-order valence-electron chi connectivity index (χ4n) is 1.91. The lowest BCUT2D eigenvalue weighted by molar-refractivity contribution is 0.0996. The number of amides is 1. The predicted octanol–water partition coefficient (Wildman–Crippen LogP) is 1.70. The molecule has 5 N–H and O–H groups in total. The van der Waals surface area contributed by atoms with Gasteiger partial charge in [0.05, 0.1) is 12.3 Å². The number of nitrogen functional groups attached to an aromatic ring is 1. The second kappa shape index (κ2) is 6.71. The van der Waals surface area contributed by atoms with Gasteiger partial charge in [-0.25, -0.2) is 4.98 Å². The summed E-state index contributed by atoms with van der Waals surface area (Å²) in [6.45, 7) is 0.614. The Bertz CT molecular complexity index is 643. The van der Waals surface area contributed by atoms with Crippen molar-refractivity contribution in [3.8, 4) is 0 Å². The number of methoxy groups -OCH3 is 1. The van der Waals surface area contributed by atoms with Gasteiger partial charge in [-0.05, 0) is 30.2 Å². The van der Waals surface area contributed by atoms with Crippen molar-refractivity contribution in [3.05, 3.63) is 47.7 Å². The summed E-state index contributed by atoms with van der Waals surface area (Å²) >= 11 is 0. The number of primary amides is 1. The predicted molar refractivity (Wildman–Crippen MR) is 82.5 cm³/mol. The summed E-state index contributed by atoms with van der Waals surface area (Å²) in [5, 5.41) is 3.15. The highest BCUT2D eigenvalue weighted by molar-refractivity contribution is 5.92. The molecule has 0 atom stereocenters. The molecule has 2 aromatic rings. The van der Waals surface area contributed by atoms with Crippen LogP contribution in [0.1, 0.15) is 16.1 Å². The molecule has 0 saturated carbocycles. The molecule has 0 aliphatic heterocycles. The van der Waals surface area contributed by atoms with Crippen LogP contribution in [0.4, 0.5) is 17.2 Å². The van der Waals surface area contributed by atoms with Crippen molar-refractivity contribution in [1.82, 2.24) is 4.98 Å². The number of hydrogen-bond donors (Lipinski definition) is 3. The van der Waals surface area contributed by atoms with E-state index in [2.05, 4.69) is 10.3 Å². The van der Waals surface area contributed by atoms with Gasteiger partial charge < -0.3 is 21.5 Å². The lowest BCUT2D eigenvalue weighted by Gasteiger charge is -2.13. The molecule has 6 nitrogen and oxygen atoms in total. The number of nitrogens with two attached hydrogens (primary N) is 2. The minimum absolute atomic E-state index is 0.168. The molecule has 6 heteroatoms. The number of para-hydroxylation sites is 1. The van der Waals surface area contributed by atoms with Gasteiger partial charge in [-0.1, -0.05) is 18.2 Å². The second-order valence-corrected chi connectivity index (χ2v) is 4.52. The molecule has 0 aliphatic carbocycles. The van der Waals surface area contributed by atoms with Crippen molar-refractivity contribution in [2.45, 2.75) is 6.42 Å². The van der Waals surface area contributed by atoms with Crippen LogP contribution < -0.4 is 16.8 Å². The fraction of sp³-hybridized carbons (Fsp3) is 0.200. The van der Waals surface area contributed by atoms with E-state index in [1.165, 1.54) is 6.07 Å². The Kier molecular flexibility index (Phi) is 4.73. The largest absolute Gasteiger partial charge is 0.396 e. The van der Waals surface area contributed by atoms with E-state index in [1.54, 1.807) is 13.2 Å². The van der Waals surface area contributed by atoms with E-state index in [9.17, 15) is 4.79 Å². The van der Waals surface area contributed by atoms with Crippen molar-refractivity contribution in [3.63, 3.8) is 0 Å². The van der Waals surface area contributed by atoms with Crippen LogP contribution >= 0.6 is 0 Å². The standard InChI is InChI=1S/C15H18N4O2/c1-21-9-8-10-4-2-3-5-12(10)18-15-11(16)6-7-13(19-15)14(17)20/h2-7H,8-9,16H2,1H3,(H2,17,20)(H,18,19). The third-order valence-electron chi connectivity index (χ3n) is 3.02. The summed E-state index contributed by atoms with van der Waals surface area (Å²) in [5.41, 5.74) is 13.7. The number of hydrogen-bond acceptors (Lipinski definition) is 5. The molecular formula is C15H18N4O2. The second-order valence-electron chi connectivity index (χ2n) is 4.52. The van der Waals surface area contributed by atoms with Crippen molar-refractivity contribution in [1.29, 1.82) is 0 Å². The summed E-state index contributed by atoms with van der Waals surface area (Å²) in [5.74, 6) is -0.179. The maximum atomic E-state index is 11.2. The van der Waals surface area contributed by atoms with Gasteiger partial charge in [-0.2, -0.15) is 0 Å².